The number of carbonyl (C=O) groups excluding carboxylic acids is 1. The van der Waals surface area contributed by atoms with Crippen LogP contribution in [0.5, 0.6) is 0 Å². The maximum absolute atomic E-state index is 14.3. The molecule has 8 heteroatoms. The van der Waals surface area contributed by atoms with Crippen LogP contribution in [-0.2, 0) is 11.3 Å². The number of halogens is 4. The lowest BCUT2D eigenvalue weighted by Gasteiger charge is -2.12. The molecule has 0 fully saturated rings. The molecular weight excluding hydrogens is 557 g/mol. The maximum Gasteiger partial charge on any atom is 0.275 e. The van der Waals surface area contributed by atoms with Crippen LogP contribution < -0.4 is 5.56 Å². The van der Waals surface area contributed by atoms with Crippen LogP contribution >= 0.6 is 61.1 Å². The van der Waals surface area contributed by atoms with Crippen molar-refractivity contribution in [3.63, 3.8) is 0 Å². The van der Waals surface area contributed by atoms with Gasteiger partial charge in [0, 0.05) is 5.39 Å². The van der Waals surface area contributed by atoms with Crippen LogP contribution in [0.4, 0.5) is 4.39 Å². The summed E-state index contributed by atoms with van der Waals surface area (Å²) in [5.41, 5.74) is -0.0142. The number of aromatic nitrogens is 2. The molecule has 4 nitrogen and oxygen atoms in total. The molecule has 0 atom stereocenters. The van der Waals surface area contributed by atoms with Crippen molar-refractivity contribution in [3.05, 3.63) is 38.5 Å². The van der Waals surface area contributed by atoms with E-state index in [2.05, 4.69) is 66.2 Å². The summed E-state index contributed by atoms with van der Waals surface area (Å²) in [4.78, 5) is 23.5. The normalized spacial score (nSPS) is 11.3. The average Bonchev–Trinajstić information content (AvgIpc) is 2.36. The number of Topliss-reactive ketones (excluding diaryl/α,β-unsaturated/α-hetero) is 1. The monoisotopic (exact) mass is 564 g/mol. The molecule has 0 aliphatic rings. The fourth-order valence-corrected chi connectivity index (χ4v) is 3.02. The van der Waals surface area contributed by atoms with Crippen LogP contribution in [-0.4, -0.2) is 15.6 Å². The van der Waals surface area contributed by atoms with Gasteiger partial charge in [0.05, 0.1) is 15.6 Å². The molecule has 2 aromatic rings. The number of carbonyl (C=O) groups is 1. The first-order valence-electron chi connectivity index (χ1n) is 5.49. The number of rotatable bonds is 3. The van der Waals surface area contributed by atoms with E-state index in [-0.39, 0.29) is 29.5 Å². The van der Waals surface area contributed by atoms with E-state index < -0.39 is 11.4 Å². The van der Waals surface area contributed by atoms with Crippen molar-refractivity contribution in [3.8, 4) is 0 Å². The van der Waals surface area contributed by atoms with Crippen molar-refractivity contribution >= 4 is 77.7 Å². The van der Waals surface area contributed by atoms with Crippen molar-refractivity contribution < 1.29 is 9.18 Å². The molecule has 0 aliphatic carbocycles. The van der Waals surface area contributed by atoms with Crippen molar-refractivity contribution in [1.29, 1.82) is 0 Å². The minimum Gasteiger partial charge on any atom is -0.298 e. The molecule has 0 bridgehead atoms. The molecule has 1 aromatic heterocycles. The maximum atomic E-state index is 14.3. The standard InChI is InChI=1S/C12H8BrFI2N2O2/c1-5(19)4-18-12(20)6-2-3-7(13)9(14)8(6)10(17-18)11(15)16/h2-3,11H,4H2,1H3. The third kappa shape index (κ3) is 3.06. The highest BCUT2D eigenvalue weighted by Crippen LogP contribution is 2.35. The van der Waals surface area contributed by atoms with E-state index in [1.807, 2.05) is 0 Å². The molecule has 0 N–H and O–H groups in total. The second-order valence-corrected chi connectivity index (χ2v) is 9.86. The van der Waals surface area contributed by atoms with E-state index in [0.717, 1.165) is 4.68 Å². The molecule has 0 saturated carbocycles. The number of alkyl halides is 2. The van der Waals surface area contributed by atoms with Gasteiger partial charge in [-0.15, -0.1) is 0 Å². The van der Waals surface area contributed by atoms with Gasteiger partial charge >= 0.3 is 0 Å². The van der Waals surface area contributed by atoms with E-state index in [1.54, 1.807) is 6.07 Å². The first-order chi connectivity index (χ1) is 9.32. The van der Waals surface area contributed by atoms with Crippen LogP contribution in [0.3, 0.4) is 0 Å². The second-order valence-electron chi connectivity index (χ2n) is 4.13. The number of hydrogen-bond donors (Lipinski definition) is 0. The summed E-state index contributed by atoms with van der Waals surface area (Å²) < 4.78 is 15.5. The van der Waals surface area contributed by atoms with E-state index in [1.165, 1.54) is 13.0 Å². The van der Waals surface area contributed by atoms with Gasteiger partial charge in [-0.25, -0.2) is 9.07 Å². The third-order valence-corrected chi connectivity index (χ3v) is 4.42. The summed E-state index contributed by atoms with van der Waals surface area (Å²) in [6.07, 6.45) is 0. The van der Waals surface area contributed by atoms with Crippen molar-refractivity contribution in [2.24, 2.45) is 0 Å². The van der Waals surface area contributed by atoms with Gasteiger partial charge in [-0.1, -0.05) is 45.2 Å². The van der Waals surface area contributed by atoms with Gasteiger partial charge < -0.3 is 0 Å². The summed E-state index contributed by atoms with van der Waals surface area (Å²) in [6.45, 7) is 1.27. The van der Waals surface area contributed by atoms with Gasteiger partial charge in [-0.2, -0.15) is 5.10 Å². The van der Waals surface area contributed by atoms with Crippen LogP contribution in [0.2, 0.25) is 0 Å². The van der Waals surface area contributed by atoms with Crippen LogP contribution in [0.15, 0.2) is 21.4 Å². The van der Waals surface area contributed by atoms with Crippen molar-refractivity contribution in [2.45, 2.75) is 15.4 Å². The lowest BCUT2D eigenvalue weighted by molar-refractivity contribution is -0.117. The molecular formula is C12H8BrFI2N2O2. The van der Waals surface area contributed by atoms with Gasteiger partial charge in [0.25, 0.3) is 5.56 Å². The number of fused-ring (bicyclic) bond motifs is 1. The molecule has 106 valence electrons. The van der Waals surface area contributed by atoms with Crippen LogP contribution in [0.1, 0.15) is 14.5 Å². The Morgan fingerprint density at radius 1 is 1.50 bits per heavy atom. The van der Waals surface area contributed by atoms with Gasteiger partial charge in [-0.3, -0.25) is 9.59 Å². The Bertz CT molecular complexity index is 761. The largest absolute Gasteiger partial charge is 0.298 e. The number of hydrogen-bond acceptors (Lipinski definition) is 3. The molecule has 2 rings (SSSR count). The van der Waals surface area contributed by atoms with Gasteiger partial charge in [0.15, 0.2) is 5.78 Å². The predicted molar refractivity (Wildman–Crippen MR) is 95.1 cm³/mol. The van der Waals surface area contributed by atoms with Crippen LogP contribution in [0.25, 0.3) is 10.8 Å². The molecule has 0 radical (unpaired) electrons. The average molecular weight is 565 g/mol. The summed E-state index contributed by atoms with van der Waals surface area (Å²) >= 11 is 7.29. The summed E-state index contributed by atoms with van der Waals surface area (Å²) in [5.74, 6) is -0.684. The molecule has 0 saturated heterocycles. The SMILES string of the molecule is CC(=O)Cn1nc(C(I)I)c2c(F)c(Br)ccc2c1=O. The molecule has 0 spiro atoms. The molecule has 20 heavy (non-hydrogen) atoms. The Morgan fingerprint density at radius 3 is 2.70 bits per heavy atom. The summed E-state index contributed by atoms with van der Waals surface area (Å²) in [7, 11) is 0. The van der Waals surface area contributed by atoms with E-state index in [4.69, 9.17) is 0 Å². The zero-order valence-corrected chi connectivity index (χ0v) is 16.1. The zero-order valence-electron chi connectivity index (χ0n) is 10.2. The number of nitrogens with zero attached hydrogens (tertiary/aromatic N) is 2. The highest BCUT2D eigenvalue weighted by Gasteiger charge is 2.20. The first kappa shape index (κ1) is 16.3. The first-order valence-corrected chi connectivity index (χ1v) is 8.77. The fourth-order valence-electron chi connectivity index (χ4n) is 1.81. The quantitative estimate of drug-likeness (QED) is 0.422. The minimum absolute atomic E-state index is 0.112. The summed E-state index contributed by atoms with van der Waals surface area (Å²) in [5, 5.41) is 4.59. The molecule has 0 unspecified atom stereocenters. The van der Waals surface area contributed by atoms with Crippen molar-refractivity contribution in [1.82, 2.24) is 9.78 Å². The highest BCUT2D eigenvalue weighted by molar-refractivity contribution is 14.2. The number of ketones is 1. The lowest BCUT2D eigenvalue weighted by atomic mass is 10.1. The van der Waals surface area contributed by atoms with Crippen LogP contribution in [0, 0.1) is 5.82 Å². The topological polar surface area (TPSA) is 52.0 Å². The Morgan fingerprint density at radius 2 is 2.15 bits per heavy atom. The molecule has 0 aliphatic heterocycles. The second kappa shape index (κ2) is 6.34. The summed E-state index contributed by atoms with van der Waals surface area (Å²) in [6, 6.07) is 3.03. The smallest absolute Gasteiger partial charge is 0.275 e. The van der Waals surface area contributed by atoms with Gasteiger partial charge in [0.1, 0.15) is 14.3 Å². The third-order valence-electron chi connectivity index (χ3n) is 2.62. The molecule has 0 amide bonds. The van der Waals surface area contributed by atoms with E-state index >= 15 is 0 Å². The Kier molecular flexibility index (Phi) is 5.16. The van der Waals surface area contributed by atoms with E-state index in [0.29, 0.717) is 5.69 Å². The number of benzene rings is 1. The molecule has 1 heterocycles. The van der Waals surface area contributed by atoms with Gasteiger partial charge in [0.2, 0.25) is 0 Å². The predicted octanol–water partition coefficient (Wildman–Crippen LogP) is 3.76. The van der Waals surface area contributed by atoms with Crippen molar-refractivity contribution in [2.75, 3.05) is 0 Å². The highest BCUT2D eigenvalue weighted by atomic mass is 127. The Balaban J connectivity index is 2.91. The minimum atomic E-state index is -0.504. The van der Waals surface area contributed by atoms with E-state index in [9.17, 15) is 14.0 Å². The Labute approximate surface area is 149 Å². The van der Waals surface area contributed by atoms with Gasteiger partial charge in [-0.05, 0) is 35.0 Å². The molecule has 1 aromatic carbocycles. The lowest BCUT2D eigenvalue weighted by Crippen LogP contribution is -2.27. The zero-order chi connectivity index (χ0) is 15.0. The Hall–Kier alpha value is -0.100. The fraction of sp³-hybridized carbons (Fsp3) is 0.250.